The third-order valence-electron chi connectivity index (χ3n) is 4.79. The average molecular weight is 372 g/mol. The Morgan fingerprint density at radius 1 is 1.30 bits per heavy atom. The van der Waals surface area contributed by atoms with E-state index in [1.165, 1.54) is 4.80 Å². The van der Waals surface area contributed by atoms with Gasteiger partial charge < -0.3 is 10.4 Å². The molecule has 0 radical (unpaired) electrons. The molecule has 9 heteroatoms. The van der Waals surface area contributed by atoms with Crippen molar-refractivity contribution in [3.8, 4) is 11.4 Å². The van der Waals surface area contributed by atoms with Gasteiger partial charge in [0.2, 0.25) is 11.7 Å². The molecule has 3 rings (SSSR count). The Kier molecular flexibility index (Phi) is 5.80. The summed E-state index contributed by atoms with van der Waals surface area (Å²) in [7, 11) is 0. The monoisotopic (exact) mass is 372 g/mol. The molecule has 1 heterocycles. The largest absolute Gasteiger partial charge is 0.480 e. The van der Waals surface area contributed by atoms with E-state index in [-0.39, 0.29) is 31.1 Å². The van der Waals surface area contributed by atoms with Gasteiger partial charge in [0, 0.05) is 17.6 Å². The number of aryl methyl sites for hydroxylation is 1. The number of aromatic nitrogens is 4. The van der Waals surface area contributed by atoms with Gasteiger partial charge in [0.1, 0.15) is 6.54 Å². The fourth-order valence-electron chi connectivity index (χ4n) is 3.21. The lowest BCUT2D eigenvalue weighted by molar-refractivity contribution is -0.139. The topological polar surface area (TPSA) is 113 Å². The zero-order valence-corrected chi connectivity index (χ0v) is 15.5. The summed E-state index contributed by atoms with van der Waals surface area (Å²) in [6, 6.07) is 8.04. The van der Waals surface area contributed by atoms with Gasteiger partial charge in [-0.3, -0.25) is 14.5 Å². The number of carbonyl (C=O) groups is 2. The lowest BCUT2D eigenvalue weighted by Gasteiger charge is -2.42. The summed E-state index contributed by atoms with van der Waals surface area (Å²) in [4.78, 5) is 26.2. The summed E-state index contributed by atoms with van der Waals surface area (Å²) < 4.78 is 0. The van der Waals surface area contributed by atoms with E-state index in [4.69, 9.17) is 5.11 Å². The molecule has 1 amide bonds. The van der Waals surface area contributed by atoms with Crippen LogP contribution in [0, 0.1) is 6.92 Å². The van der Waals surface area contributed by atoms with Gasteiger partial charge in [-0.1, -0.05) is 36.8 Å². The molecule has 0 unspecified atom stereocenters. The number of carbonyl (C=O) groups excluding carboxylic acids is 1. The minimum absolute atomic E-state index is 0.00659. The Morgan fingerprint density at radius 2 is 2.00 bits per heavy atom. The summed E-state index contributed by atoms with van der Waals surface area (Å²) in [5, 5.41) is 24.0. The van der Waals surface area contributed by atoms with E-state index < -0.39 is 5.97 Å². The Bertz CT molecular complexity index is 798. The first-order valence-electron chi connectivity index (χ1n) is 9.04. The number of hydrogen-bond donors (Lipinski definition) is 2. The Morgan fingerprint density at radius 3 is 2.63 bits per heavy atom. The van der Waals surface area contributed by atoms with Crippen LogP contribution >= 0.6 is 0 Å². The number of carboxylic acids is 1. The van der Waals surface area contributed by atoms with Gasteiger partial charge in [0.05, 0.1) is 6.54 Å². The number of nitrogens with zero attached hydrogens (tertiary/aromatic N) is 5. The van der Waals surface area contributed by atoms with Crippen LogP contribution in [0.1, 0.15) is 25.3 Å². The SMILES string of the molecule is CCN(CC(=O)O)C1CC(NC(=O)Cn2nnc(-c3ccc(C)cc3)n2)C1. The smallest absolute Gasteiger partial charge is 0.317 e. The van der Waals surface area contributed by atoms with Crippen LogP contribution in [0.2, 0.25) is 0 Å². The van der Waals surface area contributed by atoms with Gasteiger partial charge in [-0.2, -0.15) is 4.80 Å². The van der Waals surface area contributed by atoms with Gasteiger partial charge in [-0.15, -0.1) is 10.2 Å². The van der Waals surface area contributed by atoms with Gasteiger partial charge >= 0.3 is 5.97 Å². The summed E-state index contributed by atoms with van der Waals surface area (Å²) in [5.41, 5.74) is 2.00. The molecule has 0 spiro atoms. The first kappa shape index (κ1) is 19.0. The van der Waals surface area contributed by atoms with E-state index in [1.807, 2.05) is 43.0 Å². The molecule has 2 aromatic rings. The number of hydrogen-bond acceptors (Lipinski definition) is 6. The lowest BCUT2D eigenvalue weighted by atomic mass is 9.85. The van der Waals surface area contributed by atoms with Crippen molar-refractivity contribution in [2.24, 2.45) is 0 Å². The van der Waals surface area contributed by atoms with Gasteiger partial charge in [0.15, 0.2) is 0 Å². The molecule has 2 N–H and O–H groups in total. The maximum Gasteiger partial charge on any atom is 0.317 e. The third-order valence-corrected chi connectivity index (χ3v) is 4.79. The van der Waals surface area contributed by atoms with Crippen molar-refractivity contribution in [3.05, 3.63) is 29.8 Å². The molecule has 0 bridgehead atoms. The van der Waals surface area contributed by atoms with Crippen LogP contribution < -0.4 is 5.32 Å². The van der Waals surface area contributed by atoms with E-state index >= 15 is 0 Å². The van der Waals surface area contributed by atoms with Gasteiger partial charge in [-0.25, -0.2) is 0 Å². The van der Waals surface area contributed by atoms with Crippen LogP contribution in [-0.4, -0.2) is 67.3 Å². The maximum absolute atomic E-state index is 12.2. The number of carboxylic acid groups (broad SMARTS) is 1. The van der Waals surface area contributed by atoms with Crippen molar-refractivity contribution in [2.45, 2.75) is 45.3 Å². The molecule has 1 aromatic heterocycles. The molecular formula is C18H24N6O3. The quantitative estimate of drug-likeness (QED) is 0.701. The molecule has 1 saturated carbocycles. The third kappa shape index (κ3) is 4.88. The minimum atomic E-state index is -0.828. The van der Waals surface area contributed by atoms with Crippen LogP contribution in [-0.2, 0) is 16.1 Å². The molecule has 1 aromatic carbocycles. The molecule has 0 atom stereocenters. The number of aliphatic carboxylic acids is 1. The van der Waals surface area contributed by atoms with E-state index in [2.05, 4.69) is 20.7 Å². The standard InChI is InChI=1S/C18H24N6O3/c1-3-23(11-17(26)27)15-8-14(9-15)19-16(25)10-24-21-18(20-22-24)13-6-4-12(2)5-7-13/h4-7,14-15H,3,8-11H2,1-2H3,(H,19,25)(H,26,27). The highest BCUT2D eigenvalue weighted by Crippen LogP contribution is 2.25. The molecule has 1 aliphatic rings. The predicted molar refractivity (Wildman–Crippen MR) is 97.8 cm³/mol. The molecule has 1 fully saturated rings. The van der Waals surface area contributed by atoms with Gasteiger partial charge in [-0.05, 0) is 31.5 Å². The van der Waals surface area contributed by atoms with Crippen molar-refractivity contribution in [2.75, 3.05) is 13.1 Å². The summed E-state index contributed by atoms with van der Waals surface area (Å²) in [5.74, 6) is -0.516. The molecule has 27 heavy (non-hydrogen) atoms. The van der Waals surface area contributed by atoms with Crippen LogP contribution in [0.4, 0.5) is 0 Å². The molecule has 144 valence electrons. The molecule has 0 aliphatic heterocycles. The summed E-state index contributed by atoms with van der Waals surface area (Å²) in [6.07, 6.45) is 1.51. The number of nitrogens with one attached hydrogen (secondary N) is 1. The summed E-state index contributed by atoms with van der Waals surface area (Å²) in [6.45, 7) is 4.67. The van der Waals surface area contributed by atoms with Crippen molar-refractivity contribution >= 4 is 11.9 Å². The minimum Gasteiger partial charge on any atom is -0.480 e. The van der Waals surface area contributed by atoms with E-state index in [0.717, 1.165) is 24.0 Å². The van der Waals surface area contributed by atoms with Crippen molar-refractivity contribution in [1.82, 2.24) is 30.4 Å². The fraction of sp³-hybridized carbons (Fsp3) is 0.500. The van der Waals surface area contributed by atoms with E-state index in [9.17, 15) is 9.59 Å². The van der Waals surface area contributed by atoms with Crippen LogP contribution in [0.15, 0.2) is 24.3 Å². The Balaban J connectivity index is 1.47. The normalized spacial score (nSPS) is 18.9. The molecule has 9 nitrogen and oxygen atoms in total. The molecular weight excluding hydrogens is 348 g/mol. The number of amides is 1. The second-order valence-corrected chi connectivity index (χ2v) is 6.86. The number of tetrazole rings is 1. The fourth-order valence-corrected chi connectivity index (χ4v) is 3.21. The highest BCUT2D eigenvalue weighted by molar-refractivity contribution is 5.76. The second-order valence-electron chi connectivity index (χ2n) is 6.86. The van der Waals surface area contributed by atoms with Crippen LogP contribution in [0.25, 0.3) is 11.4 Å². The maximum atomic E-state index is 12.2. The van der Waals surface area contributed by atoms with E-state index in [0.29, 0.717) is 12.4 Å². The van der Waals surface area contributed by atoms with Crippen molar-refractivity contribution < 1.29 is 14.7 Å². The van der Waals surface area contributed by atoms with Crippen LogP contribution in [0.5, 0.6) is 0 Å². The Labute approximate surface area is 157 Å². The van der Waals surface area contributed by atoms with E-state index in [1.54, 1.807) is 0 Å². The molecule has 1 aliphatic carbocycles. The predicted octanol–water partition coefficient (Wildman–Crippen LogP) is 0.702. The highest BCUT2D eigenvalue weighted by Gasteiger charge is 2.34. The highest BCUT2D eigenvalue weighted by atomic mass is 16.4. The van der Waals surface area contributed by atoms with Gasteiger partial charge in [0.25, 0.3) is 0 Å². The number of benzene rings is 1. The number of rotatable bonds is 8. The first-order chi connectivity index (χ1) is 12.9. The Hall–Kier alpha value is -2.81. The first-order valence-corrected chi connectivity index (χ1v) is 9.04. The van der Waals surface area contributed by atoms with Crippen molar-refractivity contribution in [1.29, 1.82) is 0 Å². The summed E-state index contributed by atoms with van der Waals surface area (Å²) >= 11 is 0. The van der Waals surface area contributed by atoms with Crippen molar-refractivity contribution in [3.63, 3.8) is 0 Å². The average Bonchev–Trinajstić information content (AvgIpc) is 3.04. The zero-order chi connectivity index (χ0) is 19.4. The number of likely N-dealkylation sites (N-methyl/N-ethyl adjacent to an activating group) is 1. The second kappa shape index (κ2) is 8.26. The molecule has 0 saturated heterocycles. The van der Waals surface area contributed by atoms with Crippen LogP contribution in [0.3, 0.4) is 0 Å². The lowest BCUT2D eigenvalue weighted by Crippen LogP contribution is -2.55. The zero-order valence-electron chi connectivity index (χ0n) is 15.5.